The molecule has 11 heteroatoms. The molecule has 3 saturated heterocycles. The number of hydrogen-bond donors (Lipinski definition) is 0. The van der Waals surface area contributed by atoms with E-state index >= 15 is 0 Å². The highest BCUT2D eigenvalue weighted by Crippen LogP contribution is 2.54. The first kappa shape index (κ1) is 40.0. The predicted octanol–water partition coefficient (Wildman–Crippen LogP) is 5.49. The van der Waals surface area contributed by atoms with Crippen LogP contribution in [0.15, 0.2) is 23.8 Å². The first-order valence-corrected chi connectivity index (χ1v) is 20.0. The van der Waals surface area contributed by atoms with Gasteiger partial charge < -0.3 is 42.8 Å². The van der Waals surface area contributed by atoms with E-state index in [2.05, 4.69) is 51.1 Å². The van der Waals surface area contributed by atoms with E-state index < -0.39 is 12.4 Å². The number of ketones is 1. The molecule has 6 rings (SSSR count). The van der Waals surface area contributed by atoms with Crippen LogP contribution in [-0.2, 0) is 47.5 Å². The summed E-state index contributed by atoms with van der Waals surface area (Å²) < 4.78 is 49.5. The van der Waals surface area contributed by atoms with Gasteiger partial charge in [-0.3, -0.25) is 9.59 Å². The topological polar surface area (TPSA) is 111 Å². The third-order valence-corrected chi connectivity index (χ3v) is 13.3. The van der Waals surface area contributed by atoms with E-state index in [0.29, 0.717) is 18.4 Å². The van der Waals surface area contributed by atoms with Crippen molar-refractivity contribution in [3.63, 3.8) is 0 Å². The standard InChI is InChI=1S/C41H65NO10/c1-10-26-12-11-13-34(52-36-17-16-33(42(5)6)23(3)48-36)22(2)37(44)32-20-30-28(31(32)21-35(43)50-26)15-14-25-18-27(19-29(25)30)51-41-40(47-9)39(46-8)38(45-7)24(4)49-41/h14-15,20,22-31,33-34,36,38-41H,10-13,16-19,21H2,1-9H3/t22-,23+,24-,25-,26-,27-,28-,29-,30-,31+,33+,34+,36-,38+,39-,40-,41+/m1/s1. The van der Waals surface area contributed by atoms with Gasteiger partial charge in [-0.25, -0.2) is 0 Å². The maximum Gasteiger partial charge on any atom is 0.306 e. The molecule has 3 aliphatic heterocycles. The molecule has 0 amide bonds. The highest BCUT2D eigenvalue weighted by atomic mass is 16.7. The summed E-state index contributed by atoms with van der Waals surface area (Å²) in [4.78, 5) is 30.4. The number of nitrogens with zero attached hydrogens (tertiary/aromatic N) is 1. The molecule has 0 aromatic carbocycles. The fraction of sp³-hybridized carbons (Fsp3) is 0.854. The van der Waals surface area contributed by atoms with Crippen molar-refractivity contribution in [1.82, 2.24) is 4.90 Å². The van der Waals surface area contributed by atoms with Crippen LogP contribution in [-0.4, -0.2) is 120 Å². The number of ether oxygens (including phenoxy) is 8. The van der Waals surface area contributed by atoms with Gasteiger partial charge in [-0.2, -0.15) is 0 Å². The van der Waals surface area contributed by atoms with Crippen molar-refractivity contribution < 1.29 is 47.5 Å². The Balaban J connectivity index is 1.20. The maximum absolute atomic E-state index is 14.7. The Morgan fingerprint density at radius 1 is 0.827 bits per heavy atom. The molecule has 3 aliphatic carbocycles. The van der Waals surface area contributed by atoms with Crippen LogP contribution in [0.2, 0.25) is 0 Å². The van der Waals surface area contributed by atoms with Crippen LogP contribution < -0.4 is 0 Å². The molecular weight excluding hydrogens is 666 g/mol. The van der Waals surface area contributed by atoms with E-state index in [1.807, 2.05) is 13.8 Å². The summed E-state index contributed by atoms with van der Waals surface area (Å²) in [5.41, 5.74) is 0.763. The van der Waals surface area contributed by atoms with Crippen molar-refractivity contribution in [2.75, 3.05) is 35.4 Å². The quantitative estimate of drug-likeness (QED) is 0.222. The number of esters is 1. The predicted molar refractivity (Wildman–Crippen MR) is 194 cm³/mol. The van der Waals surface area contributed by atoms with Gasteiger partial charge in [0.25, 0.3) is 0 Å². The molecule has 0 spiro atoms. The monoisotopic (exact) mass is 731 g/mol. The van der Waals surface area contributed by atoms with E-state index in [-0.39, 0.29) is 96.8 Å². The molecular formula is C41H65NO10. The smallest absolute Gasteiger partial charge is 0.306 e. The van der Waals surface area contributed by atoms with Crippen LogP contribution in [0.1, 0.15) is 85.5 Å². The number of hydrogen-bond acceptors (Lipinski definition) is 11. The number of cyclic esters (lactones) is 1. The first-order valence-electron chi connectivity index (χ1n) is 20.0. The summed E-state index contributed by atoms with van der Waals surface area (Å²) in [6.45, 7) is 8.17. The van der Waals surface area contributed by atoms with Gasteiger partial charge in [0.2, 0.25) is 0 Å². The third-order valence-electron chi connectivity index (χ3n) is 13.3. The minimum atomic E-state index is -0.594. The third kappa shape index (κ3) is 8.27. The Kier molecular flexibility index (Phi) is 13.4. The fourth-order valence-electron chi connectivity index (χ4n) is 10.4. The van der Waals surface area contributed by atoms with E-state index in [1.165, 1.54) is 0 Å². The lowest BCUT2D eigenvalue weighted by molar-refractivity contribution is -0.314. The van der Waals surface area contributed by atoms with Crippen molar-refractivity contribution in [3.05, 3.63) is 23.8 Å². The molecule has 0 radical (unpaired) electrons. The van der Waals surface area contributed by atoms with Crippen molar-refractivity contribution in [2.45, 2.75) is 153 Å². The van der Waals surface area contributed by atoms with Gasteiger partial charge in [-0.1, -0.05) is 32.1 Å². The van der Waals surface area contributed by atoms with E-state index in [4.69, 9.17) is 37.9 Å². The highest BCUT2D eigenvalue weighted by molar-refractivity contribution is 5.99. The highest BCUT2D eigenvalue weighted by Gasteiger charge is 2.52. The van der Waals surface area contributed by atoms with E-state index in [9.17, 15) is 9.59 Å². The minimum absolute atomic E-state index is 0.0380. The minimum Gasteiger partial charge on any atom is -0.462 e. The van der Waals surface area contributed by atoms with Crippen LogP contribution in [0.5, 0.6) is 0 Å². The van der Waals surface area contributed by atoms with Gasteiger partial charge in [-0.15, -0.1) is 0 Å². The van der Waals surface area contributed by atoms with Crippen molar-refractivity contribution >= 4 is 11.8 Å². The molecule has 4 fully saturated rings. The largest absolute Gasteiger partial charge is 0.462 e. The first-order chi connectivity index (χ1) is 25.0. The summed E-state index contributed by atoms with van der Waals surface area (Å²) in [5.74, 6) is 0.0198. The van der Waals surface area contributed by atoms with Gasteiger partial charge in [0.05, 0.1) is 30.8 Å². The lowest BCUT2D eigenvalue weighted by Gasteiger charge is -2.44. The molecule has 0 aromatic heterocycles. The number of carbonyl (C=O) groups is 2. The number of likely N-dealkylation sites (N-methyl/N-ethyl adjacent to an activating group) is 1. The maximum atomic E-state index is 14.7. The van der Waals surface area contributed by atoms with Crippen LogP contribution in [0.4, 0.5) is 0 Å². The molecule has 3 heterocycles. The van der Waals surface area contributed by atoms with Gasteiger partial charge in [-0.05, 0) is 109 Å². The van der Waals surface area contributed by atoms with Crippen LogP contribution in [0.3, 0.4) is 0 Å². The van der Waals surface area contributed by atoms with Crippen LogP contribution >= 0.6 is 0 Å². The molecule has 0 aromatic rings. The lowest BCUT2D eigenvalue weighted by atomic mass is 9.70. The van der Waals surface area contributed by atoms with Crippen molar-refractivity contribution in [1.29, 1.82) is 0 Å². The average Bonchev–Trinajstić information content (AvgIpc) is 3.70. The molecule has 52 heavy (non-hydrogen) atoms. The Morgan fingerprint density at radius 3 is 2.25 bits per heavy atom. The molecule has 294 valence electrons. The molecule has 1 saturated carbocycles. The number of carbonyl (C=O) groups excluding carboxylic acids is 2. The average molecular weight is 732 g/mol. The SMILES string of the molecule is CC[C@@H]1CCC[C@H](O[C@@H]2CC[C@H](N(C)C)[C@H](C)O2)[C@@H](C)C(=O)C2=C[C@@H]3[C@@H](C=C[C@@H]4C[C@@H](O[C@@H]5O[C@H](C)[C@H](OC)[C@@H](OC)[C@H]5OC)C[C@@H]34)[C@@H]2CC(=O)O1. The summed E-state index contributed by atoms with van der Waals surface area (Å²) in [6, 6.07) is 0.339. The summed E-state index contributed by atoms with van der Waals surface area (Å²) >= 11 is 0. The zero-order valence-electron chi connectivity index (χ0n) is 32.9. The van der Waals surface area contributed by atoms with Crippen LogP contribution in [0, 0.1) is 35.5 Å². The molecule has 11 nitrogen and oxygen atoms in total. The van der Waals surface area contributed by atoms with E-state index in [1.54, 1.807) is 21.3 Å². The van der Waals surface area contributed by atoms with Gasteiger partial charge in [0.15, 0.2) is 18.4 Å². The van der Waals surface area contributed by atoms with E-state index in [0.717, 1.165) is 50.5 Å². The number of rotatable bonds is 9. The van der Waals surface area contributed by atoms with Gasteiger partial charge in [0, 0.05) is 39.2 Å². The Bertz CT molecular complexity index is 1290. The van der Waals surface area contributed by atoms with Gasteiger partial charge >= 0.3 is 5.97 Å². The summed E-state index contributed by atoms with van der Waals surface area (Å²) in [6.07, 6.45) is 10.8. The normalized spacial score (nSPS) is 45.7. The summed E-state index contributed by atoms with van der Waals surface area (Å²) in [7, 11) is 9.15. The van der Waals surface area contributed by atoms with Crippen molar-refractivity contribution in [2.24, 2.45) is 35.5 Å². The molecule has 17 atom stereocenters. The number of methoxy groups -OCH3 is 3. The molecule has 0 unspecified atom stereocenters. The van der Waals surface area contributed by atoms with Crippen molar-refractivity contribution in [3.8, 4) is 0 Å². The Morgan fingerprint density at radius 2 is 1.58 bits per heavy atom. The molecule has 0 bridgehead atoms. The second kappa shape index (κ2) is 17.4. The number of allylic oxidation sites excluding steroid dienone is 4. The van der Waals surface area contributed by atoms with Crippen LogP contribution in [0.25, 0.3) is 0 Å². The second-order valence-electron chi connectivity index (χ2n) is 16.5. The zero-order chi connectivity index (χ0) is 37.3. The zero-order valence-corrected chi connectivity index (χ0v) is 32.9. The summed E-state index contributed by atoms with van der Waals surface area (Å²) in [5, 5.41) is 0. The number of fused-ring (bicyclic) bond motifs is 5. The Hall–Kier alpha value is -1.70. The number of Topliss-reactive ketones (excluding diaryl/α,β-unsaturated/α-hetero) is 1. The Labute approximate surface area is 311 Å². The second-order valence-corrected chi connectivity index (χ2v) is 16.5. The fourth-order valence-corrected chi connectivity index (χ4v) is 10.4. The van der Waals surface area contributed by atoms with Gasteiger partial charge in [0.1, 0.15) is 24.4 Å². The molecule has 6 aliphatic rings. The lowest BCUT2D eigenvalue weighted by Crippen LogP contribution is -2.59. The molecule has 0 N–H and O–H groups in total.